The summed E-state index contributed by atoms with van der Waals surface area (Å²) in [7, 11) is -0.351. The van der Waals surface area contributed by atoms with Gasteiger partial charge in [0.1, 0.15) is 5.58 Å². The van der Waals surface area contributed by atoms with Crippen LogP contribution in [0, 0.1) is 24.2 Å². The van der Waals surface area contributed by atoms with Gasteiger partial charge in [-0.1, -0.05) is 26.0 Å². The summed E-state index contributed by atoms with van der Waals surface area (Å²) in [4.78, 5) is 0. The van der Waals surface area contributed by atoms with Gasteiger partial charge >= 0.3 is 7.12 Å². The van der Waals surface area contributed by atoms with E-state index in [1.165, 1.54) is 17.4 Å². The Morgan fingerprint density at radius 2 is 2.08 bits per heavy atom. The first kappa shape index (κ1) is 17.2. The van der Waals surface area contributed by atoms with Crippen molar-refractivity contribution in [3.8, 4) is 0 Å². The highest BCUT2D eigenvalue weighted by Gasteiger charge is 2.68. The second-order valence-corrected chi connectivity index (χ2v) is 9.83. The first-order chi connectivity index (χ1) is 12.3. The predicted octanol–water partition coefficient (Wildman–Crippen LogP) is 5.16. The molecule has 2 heterocycles. The standard InChI is InChI=1S/C21H26BClO3/c1-12-6-5-7-15-19(12)13(11-24-15)8-18(23)22-25-17-10-14-9-16(20(14,2)3)21(17,4)26-22/h5-7,11,14,16-18H,8-10H2,1-4H3/t14-,16?,17+,18+,21-/m0/s1. The third-order valence-corrected chi connectivity index (χ3v) is 7.92. The molecule has 3 aliphatic carbocycles. The molecule has 4 fully saturated rings. The van der Waals surface area contributed by atoms with E-state index in [4.69, 9.17) is 25.3 Å². The average Bonchev–Trinajstić information content (AvgIpc) is 3.15. The minimum Gasteiger partial charge on any atom is -0.464 e. The third kappa shape index (κ3) is 2.22. The highest BCUT2D eigenvalue weighted by atomic mass is 35.5. The van der Waals surface area contributed by atoms with Gasteiger partial charge in [0, 0.05) is 5.39 Å². The lowest BCUT2D eigenvalue weighted by atomic mass is 9.43. The summed E-state index contributed by atoms with van der Waals surface area (Å²) in [6, 6.07) is 6.13. The van der Waals surface area contributed by atoms with Crippen LogP contribution in [0.2, 0.25) is 0 Å². The topological polar surface area (TPSA) is 31.6 Å². The monoisotopic (exact) mass is 372 g/mol. The zero-order chi connectivity index (χ0) is 18.3. The van der Waals surface area contributed by atoms with Crippen LogP contribution in [0.15, 0.2) is 28.9 Å². The number of hydrogen-bond donors (Lipinski definition) is 0. The van der Waals surface area contributed by atoms with E-state index in [1.807, 2.05) is 18.4 Å². The first-order valence-electron chi connectivity index (χ1n) is 9.73. The molecule has 2 bridgehead atoms. The number of furan rings is 1. The Hall–Kier alpha value is -0.965. The number of alkyl halides is 1. The Balaban J connectivity index is 1.37. The van der Waals surface area contributed by atoms with Gasteiger partial charge in [-0.2, -0.15) is 0 Å². The van der Waals surface area contributed by atoms with Crippen LogP contribution >= 0.6 is 11.6 Å². The van der Waals surface area contributed by atoms with E-state index in [0.717, 1.165) is 23.5 Å². The summed E-state index contributed by atoms with van der Waals surface area (Å²) in [5.41, 5.74) is 3.41. The molecule has 1 aromatic carbocycles. The molecule has 0 radical (unpaired) electrons. The Morgan fingerprint density at radius 1 is 1.27 bits per heavy atom. The fourth-order valence-corrected chi connectivity index (χ4v) is 6.13. The van der Waals surface area contributed by atoms with Gasteiger partial charge in [0.25, 0.3) is 0 Å². The van der Waals surface area contributed by atoms with Crippen LogP contribution in [-0.2, 0) is 15.7 Å². The van der Waals surface area contributed by atoms with Gasteiger partial charge in [0.2, 0.25) is 0 Å². The molecule has 1 aromatic heterocycles. The van der Waals surface area contributed by atoms with E-state index in [2.05, 4.69) is 33.8 Å². The lowest BCUT2D eigenvalue weighted by Crippen LogP contribution is -2.65. The molecule has 2 aromatic rings. The SMILES string of the molecule is Cc1cccc2occ(C[C@@H](Cl)B3O[C@@H]4C[C@@H]5CC(C5(C)C)[C@]4(C)O3)c12. The van der Waals surface area contributed by atoms with Crippen LogP contribution in [-0.4, -0.2) is 24.1 Å². The zero-order valence-electron chi connectivity index (χ0n) is 15.9. The van der Waals surface area contributed by atoms with Crippen molar-refractivity contribution in [1.82, 2.24) is 0 Å². The third-order valence-electron chi connectivity index (χ3n) is 7.56. The summed E-state index contributed by atoms with van der Waals surface area (Å²) in [5, 5.41) is 0.946. The summed E-state index contributed by atoms with van der Waals surface area (Å²) in [6.45, 7) is 9.10. The minimum absolute atomic E-state index is 0.174. The van der Waals surface area contributed by atoms with Crippen LogP contribution in [0.3, 0.4) is 0 Å². The van der Waals surface area contributed by atoms with E-state index in [-0.39, 0.29) is 24.1 Å². The molecule has 4 aliphatic rings. The molecule has 0 amide bonds. The maximum atomic E-state index is 6.80. The normalized spacial score (nSPS) is 36.0. The summed E-state index contributed by atoms with van der Waals surface area (Å²) < 4.78 is 18.6. The first-order valence-corrected chi connectivity index (χ1v) is 10.2. The zero-order valence-corrected chi connectivity index (χ0v) is 16.7. The molecule has 1 unspecified atom stereocenters. The number of fused-ring (bicyclic) bond motifs is 1. The second-order valence-electron chi connectivity index (χ2n) is 9.27. The smallest absolute Gasteiger partial charge is 0.464 e. The van der Waals surface area contributed by atoms with Gasteiger partial charge in [-0.25, -0.2) is 0 Å². The van der Waals surface area contributed by atoms with Crippen LogP contribution < -0.4 is 0 Å². The van der Waals surface area contributed by atoms with Crippen molar-refractivity contribution >= 4 is 29.7 Å². The van der Waals surface area contributed by atoms with E-state index in [9.17, 15) is 0 Å². The molecular formula is C21H26BClO3. The molecule has 0 spiro atoms. The molecule has 138 valence electrons. The number of halogens is 1. The van der Waals surface area contributed by atoms with Crippen molar-refractivity contribution in [2.45, 2.75) is 63.9 Å². The predicted molar refractivity (Wildman–Crippen MR) is 104 cm³/mol. The maximum absolute atomic E-state index is 6.80. The van der Waals surface area contributed by atoms with Gasteiger partial charge in [0.05, 0.1) is 23.2 Å². The molecule has 6 rings (SSSR count). The second kappa shape index (κ2) is 5.53. The van der Waals surface area contributed by atoms with E-state index in [1.54, 1.807) is 0 Å². The Labute approximate surface area is 160 Å². The molecule has 5 heteroatoms. The van der Waals surface area contributed by atoms with Gasteiger partial charge < -0.3 is 13.7 Å². The highest BCUT2D eigenvalue weighted by molar-refractivity contribution is 6.60. The van der Waals surface area contributed by atoms with Crippen molar-refractivity contribution in [2.75, 3.05) is 0 Å². The van der Waals surface area contributed by atoms with Gasteiger partial charge in [-0.3, -0.25) is 0 Å². The van der Waals surface area contributed by atoms with E-state index in [0.29, 0.717) is 17.8 Å². The molecule has 1 aliphatic heterocycles. The molecule has 3 saturated carbocycles. The number of hydrogen-bond acceptors (Lipinski definition) is 3. The Bertz CT molecular complexity index is 862. The average molecular weight is 373 g/mol. The number of aryl methyl sites for hydroxylation is 1. The lowest BCUT2D eigenvalue weighted by molar-refractivity contribution is -0.199. The minimum atomic E-state index is -0.351. The fraction of sp³-hybridized carbons (Fsp3) is 0.619. The molecule has 0 N–H and O–H groups in total. The van der Waals surface area contributed by atoms with Crippen molar-refractivity contribution in [3.05, 3.63) is 35.6 Å². The number of benzene rings is 1. The van der Waals surface area contributed by atoms with Crippen LogP contribution in [0.5, 0.6) is 0 Å². The maximum Gasteiger partial charge on any atom is 0.477 e. The fourth-order valence-electron chi connectivity index (χ4n) is 5.85. The van der Waals surface area contributed by atoms with Crippen molar-refractivity contribution in [3.63, 3.8) is 0 Å². The Kier molecular flexibility index (Phi) is 3.65. The molecule has 3 nitrogen and oxygen atoms in total. The van der Waals surface area contributed by atoms with Crippen molar-refractivity contribution < 1.29 is 13.7 Å². The van der Waals surface area contributed by atoms with Crippen molar-refractivity contribution in [2.24, 2.45) is 17.3 Å². The van der Waals surface area contributed by atoms with Gasteiger partial charge in [-0.05, 0) is 67.6 Å². The highest BCUT2D eigenvalue weighted by Crippen LogP contribution is 2.65. The van der Waals surface area contributed by atoms with E-state index < -0.39 is 0 Å². The molecule has 5 atom stereocenters. The van der Waals surface area contributed by atoms with Gasteiger partial charge in [0.15, 0.2) is 0 Å². The Morgan fingerprint density at radius 3 is 2.85 bits per heavy atom. The molecular weight excluding hydrogens is 346 g/mol. The molecule has 1 saturated heterocycles. The van der Waals surface area contributed by atoms with Crippen LogP contribution in [0.1, 0.15) is 44.7 Å². The van der Waals surface area contributed by atoms with Crippen LogP contribution in [0.25, 0.3) is 11.0 Å². The quantitative estimate of drug-likeness (QED) is 0.551. The largest absolute Gasteiger partial charge is 0.477 e. The van der Waals surface area contributed by atoms with Gasteiger partial charge in [-0.15, -0.1) is 11.6 Å². The summed E-state index contributed by atoms with van der Waals surface area (Å²) in [6.07, 6.45) is 5.04. The molecule has 26 heavy (non-hydrogen) atoms. The lowest BCUT2D eigenvalue weighted by Gasteiger charge is -2.64. The summed E-state index contributed by atoms with van der Waals surface area (Å²) in [5.74, 6) is 1.31. The van der Waals surface area contributed by atoms with Crippen LogP contribution in [0.4, 0.5) is 0 Å². The van der Waals surface area contributed by atoms with E-state index >= 15 is 0 Å². The van der Waals surface area contributed by atoms with Crippen molar-refractivity contribution in [1.29, 1.82) is 0 Å². The number of rotatable bonds is 3. The summed E-state index contributed by atoms with van der Waals surface area (Å²) >= 11 is 6.80.